The molecular formula is C22H27N5O. The van der Waals surface area contributed by atoms with Gasteiger partial charge >= 0.3 is 0 Å². The Morgan fingerprint density at radius 1 is 0.964 bits per heavy atom. The van der Waals surface area contributed by atoms with Gasteiger partial charge in [0.2, 0.25) is 0 Å². The molecular weight excluding hydrogens is 350 g/mol. The molecule has 0 amide bonds. The standard InChI is InChI=1S/C22H27N5O/c1-16-24-21(23-14-13-17-7-5-6-8-20(17)28-4)15-22(25-16)26-18-9-11-19(12-10-18)27(2)3/h5-12,15H,13-14H2,1-4H3,(H2,23,24,25,26). The van der Waals surface area contributed by atoms with Crippen LogP contribution in [0.3, 0.4) is 0 Å². The van der Waals surface area contributed by atoms with Gasteiger partial charge in [-0.25, -0.2) is 9.97 Å². The van der Waals surface area contributed by atoms with Crippen LogP contribution in [0.2, 0.25) is 0 Å². The second-order valence-corrected chi connectivity index (χ2v) is 6.74. The maximum atomic E-state index is 5.41. The van der Waals surface area contributed by atoms with Crippen LogP contribution in [0.5, 0.6) is 5.75 Å². The molecule has 0 aliphatic carbocycles. The topological polar surface area (TPSA) is 62.3 Å². The molecule has 3 aromatic rings. The Morgan fingerprint density at radius 3 is 2.39 bits per heavy atom. The highest BCUT2D eigenvalue weighted by Crippen LogP contribution is 2.21. The van der Waals surface area contributed by atoms with E-state index >= 15 is 0 Å². The molecule has 0 aliphatic rings. The van der Waals surface area contributed by atoms with E-state index in [2.05, 4.69) is 43.7 Å². The first-order valence-electron chi connectivity index (χ1n) is 9.31. The fourth-order valence-electron chi connectivity index (χ4n) is 2.95. The third-order valence-corrected chi connectivity index (χ3v) is 4.39. The molecule has 0 unspecified atom stereocenters. The van der Waals surface area contributed by atoms with Crippen LogP contribution < -0.4 is 20.3 Å². The molecule has 2 N–H and O–H groups in total. The number of rotatable bonds is 8. The quantitative estimate of drug-likeness (QED) is 0.612. The van der Waals surface area contributed by atoms with Crippen molar-refractivity contribution in [2.24, 2.45) is 0 Å². The summed E-state index contributed by atoms with van der Waals surface area (Å²) < 4.78 is 5.41. The Labute approximate surface area is 166 Å². The van der Waals surface area contributed by atoms with Crippen molar-refractivity contribution in [3.05, 3.63) is 66.0 Å². The van der Waals surface area contributed by atoms with Crippen LogP contribution in [-0.2, 0) is 6.42 Å². The number of nitrogens with one attached hydrogen (secondary N) is 2. The van der Waals surface area contributed by atoms with Gasteiger partial charge in [-0.2, -0.15) is 0 Å². The minimum Gasteiger partial charge on any atom is -0.496 e. The van der Waals surface area contributed by atoms with Crippen molar-refractivity contribution in [2.45, 2.75) is 13.3 Å². The van der Waals surface area contributed by atoms with Gasteiger partial charge in [-0.15, -0.1) is 0 Å². The van der Waals surface area contributed by atoms with E-state index in [1.165, 1.54) is 5.56 Å². The molecule has 0 bridgehead atoms. The van der Waals surface area contributed by atoms with Crippen LogP contribution >= 0.6 is 0 Å². The monoisotopic (exact) mass is 377 g/mol. The summed E-state index contributed by atoms with van der Waals surface area (Å²) in [5, 5.41) is 6.73. The summed E-state index contributed by atoms with van der Waals surface area (Å²) in [4.78, 5) is 11.0. The van der Waals surface area contributed by atoms with E-state index in [9.17, 15) is 0 Å². The molecule has 146 valence electrons. The Hall–Kier alpha value is -3.28. The normalized spacial score (nSPS) is 10.4. The molecule has 0 saturated carbocycles. The number of para-hydroxylation sites is 1. The van der Waals surface area contributed by atoms with Gasteiger partial charge in [-0.1, -0.05) is 18.2 Å². The molecule has 0 spiro atoms. The Kier molecular flexibility index (Phi) is 6.32. The van der Waals surface area contributed by atoms with Gasteiger partial charge in [0.1, 0.15) is 23.2 Å². The van der Waals surface area contributed by atoms with Crippen molar-refractivity contribution in [3.63, 3.8) is 0 Å². The number of ether oxygens (including phenoxy) is 1. The number of methoxy groups -OCH3 is 1. The number of nitrogens with zero attached hydrogens (tertiary/aromatic N) is 3. The van der Waals surface area contributed by atoms with E-state index in [1.807, 2.05) is 57.4 Å². The van der Waals surface area contributed by atoms with Gasteiger partial charge in [0.25, 0.3) is 0 Å². The fourth-order valence-corrected chi connectivity index (χ4v) is 2.95. The van der Waals surface area contributed by atoms with Crippen molar-refractivity contribution >= 4 is 23.0 Å². The van der Waals surface area contributed by atoms with Crippen LogP contribution in [0, 0.1) is 6.92 Å². The first-order valence-corrected chi connectivity index (χ1v) is 9.31. The SMILES string of the molecule is COc1ccccc1CCNc1cc(Nc2ccc(N(C)C)cc2)nc(C)n1. The summed E-state index contributed by atoms with van der Waals surface area (Å²) in [6.07, 6.45) is 0.849. The zero-order valence-electron chi connectivity index (χ0n) is 16.9. The number of aromatic nitrogens is 2. The summed E-state index contributed by atoms with van der Waals surface area (Å²) >= 11 is 0. The molecule has 6 heteroatoms. The zero-order chi connectivity index (χ0) is 19.9. The largest absolute Gasteiger partial charge is 0.496 e. The predicted molar refractivity (Wildman–Crippen MR) is 116 cm³/mol. The van der Waals surface area contributed by atoms with Crippen molar-refractivity contribution in [3.8, 4) is 5.75 Å². The lowest BCUT2D eigenvalue weighted by atomic mass is 10.1. The number of anilines is 4. The highest BCUT2D eigenvalue weighted by molar-refractivity contribution is 5.62. The first kappa shape index (κ1) is 19.5. The predicted octanol–water partition coefficient (Wildman–Crippen LogP) is 4.26. The zero-order valence-corrected chi connectivity index (χ0v) is 16.9. The third-order valence-electron chi connectivity index (χ3n) is 4.39. The first-order chi connectivity index (χ1) is 13.5. The van der Waals surface area contributed by atoms with Crippen LogP contribution in [0.1, 0.15) is 11.4 Å². The molecule has 1 aromatic heterocycles. The fraction of sp³-hybridized carbons (Fsp3) is 0.273. The molecule has 1 heterocycles. The summed E-state index contributed by atoms with van der Waals surface area (Å²) in [6.45, 7) is 2.65. The average Bonchev–Trinajstić information content (AvgIpc) is 2.68. The van der Waals surface area contributed by atoms with Crippen molar-refractivity contribution < 1.29 is 4.74 Å². The smallest absolute Gasteiger partial charge is 0.136 e. The van der Waals surface area contributed by atoms with Gasteiger partial charge in [0.05, 0.1) is 7.11 Å². The second kappa shape index (κ2) is 9.08. The lowest BCUT2D eigenvalue weighted by Crippen LogP contribution is -2.09. The molecule has 6 nitrogen and oxygen atoms in total. The van der Waals surface area contributed by atoms with E-state index in [0.29, 0.717) is 0 Å². The van der Waals surface area contributed by atoms with Crippen LogP contribution in [0.25, 0.3) is 0 Å². The van der Waals surface area contributed by atoms with Gasteiger partial charge in [-0.05, 0) is 49.2 Å². The maximum absolute atomic E-state index is 5.41. The molecule has 0 atom stereocenters. The lowest BCUT2D eigenvalue weighted by molar-refractivity contribution is 0.410. The van der Waals surface area contributed by atoms with E-state index < -0.39 is 0 Å². The summed E-state index contributed by atoms with van der Waals surface area (Å²) in [5.41, 5.74) is 3.31. The lowest BCUT2D eigenvalue weighted by Gasteiger charge is -2.14. The molecule has 0 aliphatic heterocycles. The van der Waals surface area contributed by atoms with Gasteiger partial charge in [0.15, 0.2) is 0 Å². The third kappa shape index (κ3) is 5.13. The molecule has 2 aromatic carbocycles. The van der Waals surface area contributed by atoms with Crippen molar-refractivity contribution in [2.75, 3.05) is 43.3 Å². The van der Waals surface area contributed by atoms with Gasteiger partial charge in [-0.3, -0.25) is 0 Å². The minimum atomic E-state index is 0.717. The number of benzene rings is 2. The Bertz CT molecular complexity index is 909. The highest BCUT2D eigenvalue weighted by atomic mass is 16.5. The minimum absolute atomic E-state index is 0.717. The highest BCUT2D eigenvalue weighted by Gasteiger charge is 2.05. The Balaban J connectivity index is 1.64. The van der Waals surface area contributed by atoms with Crippen LogP contribution in [0.4, 0.5) is 23.0 Å². The van der Waals surface area contributed by atoms with Crippen LogP contribution in [0.15, 0.2) is 54.6 Å². The molecule has 3 rings (SSSR count). The summed E-state index contributed by atoms with van der Waals surface area (Å²) in [7, 11) is 5.75. The number of aryl methyl sites for hydroxylation is 1. The summed E-state index contributed by atoms with van der Waals surface area (Å²) in [5.74, 6) is 3.20. The van der Waals surface area contributed by atoms with Crippen molar-refractivity contribution in [1.82, 2.24) is 9.97 Å². The molecule has 0 fully saturated rings. The summed E-state index contributed by atoms with van der Waals surface area (Å²) in [6, 6.07) is 18.2. The van der Waals surface area contributed by atoms with Gasteiger partial charge in [0, 0.05) is 38.1 Å². The second-order valence-electron chi connectivity index (χ2n) is 6.74. The van der Waals surface area contributed by atoms with E-state index in [1.54, 1.807) is 7.11 Å². The Morgan fingerprint density at radius 2 is 1.68 bits per heavy atom. The van der Waals surface area contributed by atoms with Gasteiger partial charge < -0.3 is 20.3 Å². The molecule has 28 heavy (non-hydrogen) atoms. The van der Waals surface area contributed by atoms with Crippen molar-refractivity contribution in [1.29, 1.82) is 0 Å². The molecule has 0 saturated heterocycles. The number of hydrogen-bond donors (Lipinski definition) is 2. The number of hydrogen-bond acceptors (Lipinski definition) is 6. The van der Waals surface area contributed by atoms with Crippen LogP contribution in [-0.4, -0.2) is 37.7 Å². The van der Waals surface area contributed by atoms with E-state index in [4.69, 9.17) is 4.74 Å². The maximum Gasteiger partial charge on any atom is 0.136 e. The molecule has 0 radical (unpaired) electrons. The average molecular weight is 377 g/mol. The van der Waals surface area contributed by atoms with E-state index in [-0.39, 0.29) is 0 Å². The van der Waals surface area contributed by atoms with E-state index in [0.717, 1.165) is 47.5 Å².